The molecule has 3 aromatic rings. The van der Waals surface area contributed by atoms with Crippen LogP contribution in [0.15, 0.2) is 28.9 Å². The van der Waals surface area contributed by atoms with Gasteiger partial charge in [0.2, 0.25) is 11.7 Å². The van der Waals surface area contributed by atoms with Crippen LogP contribution in [0, 0.1) is 13.8 Å². The minimum atomic E-state index is -0.206. The highest BCUT2D eigenvalue weighted by Gasteiger charge is 2.30. The molecule has 0 bridgehead atoms. The van der Waals surface area contributed by atoms with Gasteiger partial charge < -0.3 is 9.64 Å². The lowest BCUT2D eigenvalue weighted by molar-refractivity contribution is 0.0759. The van der Waals surface area contributed by atoms with Gasteiger partial charge in [0.15, 0.2) is 0 Å². The summed E-state index contributed by atoms with van der Waals surface area (Å²) in [5, 5.41) is 4.31. The van der Waals surface area contributed by atoms with Crippen LogP contribution in [0.5, 0.6) is 5.88 Å². The maximum atomic E-state index is 12.7. The van der Waals surface area contributed by atoms with Gasteiger partial charge in [0.25, 0.3) is 11.7 Å². The normalized spacial score (nSPS) is 17.0. The Balaban J connectivity index is 1.47. The minimum absolute atomic E-state index is 0.0910. The van der Waals surface area contributed by atoms with Crippen LogP contribution in [-0.4, -0.2) is 54.6 Å². The fourth-order valence-corrected chi connectivity index (χ4v) is 3.24. The SMILES string of the molecule is Cc1cc(C)n2nc(C(=O)N3CCC(Oc4ccc(Br)cn4)C3)nc2n1. The minimum Gasteiger partial charge on any atom is -0.472 e. The van der Waals surface area contributed by atoms with E-state index in [1.54, 1.807) is 21.7 Å². The summed E-state index contributed by atoms with van der Waals surface area (Å²) in [6.45, 7) is 4.88. The van der Waals surface area contributed by atoms with Gasteiger partial charge in [-0.25, -0.2) is 14.5 Å². The first kappa shape index (κ1) is 16.9. The summed E-state index contributed by atoms with van der Waals surface area (Å²) in [4.78, 5) is 27.3. The van der Waals surface area contributed by atoms with E-state index in [9.17, 15) is 4.79 Å². The van der Waals surface area contributed by atoms with E-state index in [4.69, 9.17) is 4.74 Å². The Hall–Kier alpha value is -2.55. The van der Waals surface area contributed by atoms with Crippen LogP contribution in [-0.2, 0) is 0 Å². The Bertz CT molecular complexity index is 971. The molecular weight excluding hydrogens is 400 g/mol. The quantitative estimate of drug-likeness (QED) is 0.650. The molecule has 8 nitrogen and oxygen atoms in total. The van der Waals surface area contributed by atoms with Gasteiger partial charge in [-0.15, -0.1) is 5.10 Å². The summed E-state index contributed by atoms with van der Waals surface area (Å²) in [5.74, 6) is 0.946. The molecule has 0 radical (unpaired) electrons. The molecule has 1 amide bonds. The van der Waals surface area contributed by atoms with E-state index in [1.165, 1.54) is 0 Å². The number of pyridine rings is 1. The van der Waals surface area contributed by atoms with Gasteiger partial charge in [-0.2, -0.15) is 4.98 Å². The Morgan fingerprint density at radius 2 is 2.15 bits per heavy atom. The van der Waals surface area contributed by atoms with Gasteiger partial charge in [-0.3, -0.25) is 4.79 Å². The maximum Gasteiger partial charge on any atom is 0.293 e. The number of halogens is 1. The number of fused-ring (bicyclic) bond motifs is 1. The Kier molecular flexibility index (Phi) is 4.31. The van der Waals surface area contributed by atoms with E-state index < -0.39 is 0 Å². The number of nitrogens with zero attached hydrogens (tertiary/aromatic N) is 6. The zero-order valence-electron chi connectivity index (χ0n) is 14.4. The number of rotatable bonds is 3. The number of amides is 1. The molecule has 4 rings (SSSR count). The van der Waals surface area contributed by atoms with Crippen molar-refractivity contribution in [3.63, 3.8) is 0 Å². The molecule has 134 valence electrons. The Labute approximate surface area is 158 Å². The smallest absolute Gasteiger partial charge is 0.293 e. The predicted molar refractivity (Wildman–Crippen MR) is 97.1 cm³/mol. The third-order valence-corrected chi connectivity index (χ3v) is 4.70. The summed E-state index contributed by atoms with van der Waals surface area (Å²) < 4.78 is 8.34. The summed E-state index contributed by atoms with van der Waals surface area (Å²) in [6.07, 6.45) is 2.34. The lowest BCUT2D eigenvalue weighted by Crippen LogP contribution is -2.31. The van der Waals surface area contributed by atoms with E-state index in [2.05, 4.69) is 36.0 Å². The predicted octanol–water partition coefficient (Wildman–Crippen LogP) is 2.19. The second-order valence-corrected chi connectivity index (χ2v) is 7.20. The van der Waals surface area contributed by atoms with Crippen molar-refractivity contribution in [2.45, 2.75) is 26.4 Å². The highest BCUT2D eigenvalue weighted by molar-refractivity contribution is 9.10. The zero-order valence-corrected chi connectivity index (χ0v) is 16.0. The van der Waals surface area contributed by atoms with Gasteiger partial charge in [0, 0.05) is 41.1 Å². The Morgan fingerprint density at radius 1 is 1.31 bits per heavy atom. The van der Waals surface area contributed by atoms with E-state index >= 15 is 0 Å². The number of carbonyl (C=O) groups excluding carboxylic acids is 1. The third-order valence-electron chi connectivity index (χ3n) is 4.23. The summed E-state index contributed by atoms with van der Waals surface area (Å²) in [7, 11) is 0. The molecule has 1 unspecified atom stereocenters. The van der Waals surface area contributed by atoms with Crippen LogP contribution in [0.2, 0.25) is 0 Å². The fourth-order valence-electron chi connectivity index (χ4n) is 3.01. The average Bonchev–Trinajstić information content (AvgIpc) is 3.23. The van der Waals surface area contributed by atoms with Crippen molar-refractivity contribution in [1.82, 2.24) is 29.5 Å². The molecule has 4 heterocycles. The standard InChI is InChI=1S/C17H17BrN6O2/c1-10-7-11(2)24-17(20-10)21-15(22-24)16(25)23-6-5-13(9-23)26-14-4-3-12(18)8-19-14/h3-4,7-8,13H,5-6,9H2,1-2H3. The maximum absolute atomic E-state index is 12.7. The second-order valence-electron chi connectivity index (χ2n) is 6.28. The number of hydrogen-bond donors (Lipinski definition) is 0. The molecule has 0 spiro atoms. The molecule has 1 aliphatic heterocycles. The van der Waals surface area contributed by atoms with E-state index in [1.807, 2.05) is 26.0 Å². The van der Waals surface area contributed by atoms with Crippen molar-refractivity contribution in [2.75, 3.05) is 13.1 Å². The number of aryl methyl sites for hydroxylation is 2. The molecule has 0 N–H and O–H groups in total. The molecule has 1 aliphatic rings. The monoisotopic (exact) mass is 416 g/mol. The zero-order chi connectivity index (χ0) is 18.3. The van der Waals surface area contributed by atoms with Crippen LogP contribution in [0.4, 0.5) is 0 Å². The molecule has 0 aromatic carbocycles. The van der Waals surface area contributed by atoms with E-state index in [0.717, 1.165) is 22.3 Å². The first-order valence-electron chi connectivity index (χ1n) is 8.28. The van der Waals surface area contributed by atoms with Gasteiger partial charge >= 0.3 is 0 Å². The molecule has 1 saturated heterocycles. The molecule has 3 aromatic heterocycles. The van der Waals surface area contributed by atoms with E-state index in [-0.39, 0.29) is 17.8 Å². The van der Waals surface area contributed by atoms with Crippen LogP contribution in [0.3, 0.4) is 0 Å². The molecule has 9 heteroatoms. The highest BCUT2D eigenvalue weighted by Crippen LogP contribution is 2.19. The van der Waals surface area contributed by atoms with Gasteiger partial charge in [-0.05, 0) is 41.9 Å². The van der Waals surface area contributed by atoms with E-state index in [0.29, 0.717) is 24.7 Å². The summed E-state index contributed by atoms with van der Waals surface area (Å²) >= 11 is 3.34. The van der Waals surface area contributed by atoms with Gasteiger partial charge in [-0.1, -0.05) is 0 Å². The fraction of sp³-hybridized carbons (Fsp3) is 0.353. The van der Waals surface area contributed by atoms with Crippen LogP contribution >= 0.6 is 15.9 Å². The van der Waals surface area contributed by atoms with Gasteiger partial charge in [0.05, 0.1) is 6.54 Å². The second kappa shape index (κ2) is 6.64. The number of hydrogen-bond acceptors (Lipinski definition) is 6. The van der Waals surface area contributed by atoms with Crippen LogP contribution < -0.4 is 4.74 Å². The summed E-state index contributed by atoms with van der Waals surface area (Å²) in [5.41, 5.74) is 1.74. The van der Waals surface area contributed by atoms with Crippen LogP contribution in [0.25, 0.3) is 5.78 Å². The molecule has 0 saturated carbocycles. The lowest BCUT2D eigenvalue weighted by atomic mass is 10.3. The topological polar surface area (TPSA) is 85.5 Å². The number of likely N-dealkylation sites (tertiary alicyclic amines) is 1. The van der Waals surface area contributed by atoms with Crippen molar-refractivity contribution < 1.29 is 9.53 Å². The number of carbonyl (C=O) groups is 1. The van der Waals surface area contributed by atoms with Gasteiger partial charge in [0.1, 0.15) is 6.10 Å². The lowest BCUT2D eigenvalue weighted by Gasteiger charge is -2.15. The molecule has 26 heavy (non-hydrogen) atoms. The first-order valence-corrected chi connectivity index (χ1v) is 9.07. The van der Waals surface area contributed by atoms with Crippen molar-refractivity contribution in [2.24, 2.45) is 0 Å². The number of aromatic nitrogens is 5. The summed E-state index contributed by atoms with van der Waals surface area (Å²) in [6, 6.07) is 5.58. The van der Waals surface area contributed by atoms with Crippen LogP contribution in [0.1, 0.15) is 28.4 Å². The highest BCUT2D eigenvalue weighted by atomic mass is 79.9. The van der Waals surface area contributed by atoms with Crippen molar-refractivity contribution in [1.29, 1.82) is 0 Å². The third kappa shape index (κ3) is 3.26. The largest absolute Gasteiger partial charge is 0.472 e. The molecular formula is C17H17BrN6O2. The number of ether oxygens (including phenoxy) is 1. The van der Waals surface area contributed by atoms with Crippen molar-refractivity contribution in [3.05, 3.63) is 46.1 Å². The van der Waals surface area contributed by atoms with Crippen molar-refractivity contribution >= 4 is 27.6 Å². The average molecular weight is 417 g/mol. The molecule has 0 aliphatic carbocycles. The Morgan fingerprint density at radius 3 is 2.92 bits per heavy atom. The molecule has 1 fully saturated rings. The van der Waals surface area contributed by atoms with Crippen molar-refractivity contribution in [3.8, 4) is 5.88 Å². The first-order chi connectivity index (χ1) is 12.5. The molecule has 1 atom stereocenters.